The number of hydrogen-bond donors (Lipinski definition) is 1. The molecule has 0 amide bonds. The van der Waals surface area contributed by atoms with Crippen LogP contribution in [0.2, 0.25) is 0 Å². The minimum absolute atomic E-state index is 0.136. The molecule has 0 saturated carbocycles. The van der Waals surface area contributed by atoms with Crippen molar-refractivity contribution in [2.45, 2.75) is 6.10 Å². The van der Waals surface area contributed by atoms with Crippen LogP contribution in [0.25, 0.3) is 10.4 Å². The molecule has 1 N–H and O–H groups in total. The quantitative estimate of drug-likeness (QED) is 0.423. The molecule has 1 unspecified atom stereocenters. The zero-order valence-corrected chi connectivity index (χ0v) is 12.5. The first kappa shape index (κ1) is 13.1. The number of nitrogens with zero attached hydrogens (tertiary/aromatic N) is 1. The number of oxime groups is 1. The predicted octanol–water partition coefficient (Wildman–Crippen LogP) is 4.71. The Labute approximate surface area is 132 Å². The van der Waals surface area contributed by atoms with Crippen molar-refractivity contribution in [2.24, 2.45) is 5.16 Å². The van der Waals surface area contributed by atoms with Crippen molar-refractivity contribution >= 4 is 17.6 Å². The molecule has 4 heteroatoms. The van der Waals surface area contributed by atoms with Gasteiger partial charge in [-0.1, -0.05) is 47.6 Å². The molecular formula is C18H13NO2S. The van der Waals surface area contributed by atoms with Gasteiger partial charge in [-0.2, -0.15) is 0 Å². The fourth-order valence-electron chi connectivity index (χ4n) is 2.77. The molecule has 0 saturated heterocycles. The van der Waals surface area contributed by atoms with Crippen LogP contribution in [0.1, 0.15) is 22.1 Å². The van der Waals surface area contributed by atoms with E-state index in [2.05, 4.69) is 23.4 Å². The second-order valence-electron chi connectivity index (χ2n) is 5.08. The Kier molecular flexibility index (Phi) is 3.16. The van der Waals surface area contributed by atoms with Crippen molar-refractivity contribution in [3.8, 4) is 16.2 Å². The SMILES string of the molecule is O/N=C\c1cc2c(s1)-c1ccccc1OC2c1ccccc1. The molecule has 4 rings (SSSR count). The summed E-state index contributed by atoms with van der Waals surface area (Å²) in [6, 6.07) is 20.2. The van der Waals surface area contributed by atoms with Crippen LogP contribution in [-0.2, 0) is 0 Å². The van der Waals surface area contributed by atoms with Gasteiger partial charge in [0.15, 0.2) is 6.10 Å². The molecule has 2 heterocycles. The van der Waals surface area contributed by atoms with Gasteiger partial charge in [0.25, 0.3) is 0 Å². The van der Waals surface area contributed by atoms with Crippen LogP contribution in [0, 0.1) is 0 Å². The number of benzene rings is 2. The van der Waals surface area contributed by atoms with Crippen molar-refractivity contribution in [1.29, 1.82) is 0 Å². The maximum Gasteiger partial charge on any atom is 0.150 e. The standard InChI is InChI=1S/C18H13NO2S/c20-19-11-13-10-15-17(12-6-2-1-3-7-12)21-16-9-5-4-8-14(16)18(15)22-13/h1-11,17,20H/b19-11-. The molecule has 0 spiro atoms. The van der Waals surface area contributed by atoms with E-state index in [0.29, 0.717) is 0 Å². The maximum atomic E-state index is 8.80. The van der Waals surface area contributed by atoms with Gasteiger partial charge in [-0.05, 0) is 23.8 Å². The van der Waals surface area contributed by atoms with Crippen molar-refractivity contribution in [3.63, 3.8) is 0 Å². The molecule has 0 fully saturated rings. The Morgan fingerprint density at radius 3 is 2.64 bits per heavy atom. The largest absolute Gasteiger partial charge is 0.480 e. The van der Waals surface area contributed by atoms with E-state index in [1.54, 1.807) is 11.3 Å². The highest BCUT2D eigenvalue weighted by Crippen LogP contribution is 2.48. The summed E-state index contributed by atoms with van der Waals surface area (Å²) in [6.07, 6.45) is 1.33. The highest BCUT2D eigenvalue weighted by Gasteiger charge is 2.29. The second kappa shape index (κ2) is 5.31. The van der Waals surface area contributed by atoms with Crippen LogP contribution >= 0.6 is 11.3 Å². The van der Waals surface area contributed by atoms with Crippen molar-refractivity contribution in [1.82, 2.24) is 0 Å². The molecule has 0 bridgehead atoms. The Bertz CT molecular complexity index is 839. The van der Waals surface area contributed by atoms with Crippen LogP contribution in [0.4, 0.5) is 0 Å². The third-order valence-corrected chi connectivity index (χ3v) is 4.84. The summed E-state index contributed by atoms with van der Waals surface area (Å²) in [6.45, 7) is 0. The summed E-state index contributed by atoms with van der Waals surface area (Å²) in [5.74, 6) is 0.887. The van der Waals surface area contributed by atoms with Gasteiger partial charge >= 0.3 is 0 Å². The molecule has 0 radical (unpaired) electrons. The molecule has 3 aromatic rings. The lowest BCUT2D eigenvalue weighted by atomic mass is 9.96. The number of fused-ring (bicyclic) bond motifs is 3. The summed E-state index contributed by atoms with van der Waals surface area (Å²) >= 11 is 1.61. The van der Waals surface area contributed by atoms with Gasteiger partial charge in [-0.3, -0.25) is 0 Å². The third kappa shape index (κ3) is 2.09. The highest BCUT2D eigenvalue weighted by atomic mass is 32.1. The van der Waals surface area contributed by atoms with Crippen LogP contribution in [0.5, 0.6) is 5.75 Å². The monoisotopic (exact) mass is 307 g/mol. The fraction of sp³-hybridized carbons (Fsp3) is 0.0556. The lowest BCUT2D eigenvalue weighted by Gasteiger charge is -2.26. The molecular weight excluding hydrogens is 294 g/mol. The molecule has 1 aromatic heterocycles. The van der Waals surface area contributed by atoms with Crippen molar-refractivity contribution in [3.05, 3.63) is 76.7 Å². The van der Waals surface area contributed by atoms with Crippen LogP contribution in [-0.4, -0.2) is 11.4 Å². The molecule has 2 aromatic carbocycles. The molecule has 1 aliphatic rings. The third-order valence-electron chi connectivity index (χ3n) is 3.73. The van der Waals surface area contributed by atoms with E-state index in [1.165, 1.54) is 11.1 Å². The van der Waals surface area contributed by atoms with E-state index in [4.69, 9.17) is 9.94 Å². The molecule has 0 aliphatic carbocycles. The topological polar surface area (TPSA) is 41.8 Å². The van der Waals surface area contributed by atoms with E-state index < -0.39 is 0 Å². The number of hydrogen-bond acceptors (Lipinski definition) is 4. The zero-order valence-electron chi connectivity index (χ0n) is 11.6. The lowest BCUT2D eigenvalue weighted by Crippen LogP contribution is -2.13. The number of para-hydroxylation sites is 1. The number of thiophene rings is 1. The fourth-order valence-corrected chi connectivity index (χ4v) is 3.86. The van der Waals surface area contributed by atoms with Crippen LogP contribution in [0.15, 0.2) is 65.8 Å². The first-order valence-electron chi connectivity index (χ1n) is 6.99. The van der Waals surface area contributed by atoms with Gasteiger partial charge in [-0.25, -0.2) is 0 Å². The van der Waals surface area contributed by atoms with Crippen LogP contribution < -0.4 is 4.74 Å². The normalized spacial score (nSPS) is 16.1. The van der Waals surface area contributed by atoms with Gasteiger partial charge < -0.3 is 9.94 Å². The van der Waals surface area contributed by atoms with Gasteiger partial charge in [0, 0.05) is 20.9 Å². The van der Waals surface area contributed by atoms with E-state index in [0.717, 1.165) is 27.3 Å². The Morgan fingerprint density at radius 2 is 1.82 bits per heavy atom. The summed E-state index contributed by atoms with van der Waals surface area (Å²) in [7, 11) is 0. The van der Waals surface area contributed by atoms with Gasteiger partial charge in [0.1, 0.15) is 5.75 Å². The minimum Gasteiger partial charge on any atom is -0.480 e. The van der Waals surface area contributed by atoms with E-state index >= 15 is 0 Å². The molecule has 1 aliphatic heterocycles. The molecule has 1 atom stereocenters. The second-order valence-corrected chi connectivity index (χ2v) is 6.17. The Balaban J connectivity index is 1.91. The summed E-state index contributed by atoms with van der Waals surface area (Å²) in [4.78, 5) is 2.08. The van der Waals surface area contributed by atoms with Crippen molar-refractivity contribution in [2.75, 3.05) is 0 Å². The minimum atomic E-state index is -0.136. The summed E-state index contributed by atoms with van der Waals surface area (Å²) < 4.78 is 6.24. The van der Waals surface area contributed by atoms with Gasteiger partial charge in [-0.15, -0.1) is 11.3 Å². The molecule has 108 valence electrons. The number of rotatable bonds is 2. The smallest absolute Gasteiger partial charge is 0.150 e. The van der Waals surface area contributed by atoms with E-state index in [9.17, 15) is 0 Å². The summed E-state index contributed by atoms with van der Waals surface area (Å²) in [5.41, 5.74) is 3.32. The first-order chi connectivity index (χ1) is 10.9. The van der Waals surface area contributed by atoms with Gasteiger partial charge in [0.05, 0.1) is 6.21 Å². The first-order valence-corrected chi connectivity index (χ1v) is 7.80. The van der Waals surface area contributed by atoms with E-state index in [-0.39, 0.29) is 6.10 Å². The number of ether oxygens (including phenoxy) is 1. The predicted molar refractivity (Wildman–Crippen MR) is 88.0 cm³/mol. The van der Waals surface area contributed by atoms with Gasteiger partial charge in [0.2, 0.25) is 0 Å². The maximum absolute atomic E-state index is 8.80. The zero-order chi connectivity index (χ0) is 14.9. The average Bonchev–Trinajstić information content (AvgIpc) is 2.99. The highest BCUT2D eigenvalue weighted by molar-refractivity contribution is 7.17. The molecule has 22 heavy (non-hydrogen) atoms. The Hall–Kier alpha value is -2.59. The van der Waals surface area contributed by atoms with E-state index in [1.807, 2.05) is 42.5 Å². The van der Waals surface area contributed by atoms with Crippen molar-refractivity contribution < 1.29 is 9.94 Å². The Morgan fingerprint density at radius 1 is 1.05 bits per heavy atom. The average molecular weight is 307 g/mol. The lowest BCUT2D eigenvalue weighted by molar-refractivity contribution is 0.244. The summed E-state index contributed by atoms with van der Waals surface area (Å²) in [5, 5.41) is 12.0. The molecule has 3 nitrogen and oxygen atoms in total. The van der Waals surface area contributed by atoms with Crippen LogP contribution in [0.3, 0.4) is 0 Å².